The molecule has 0 fully saturated rings. The summed E-state index contributed by atoms with van der Waals surface area (Å²) in [4.78, 5) is 13.1. The zero-order chi connectivity index (χ0) is 14.7. The van der Waals surface area contributed by atoms with E-state index in [4.69, 9.17) is 4.42 Å². The van der Waals surface area contributed by atoms with Gasteiger partial charge in [0, 0.05) is 4.47 Å². The Bertz CT molecular complexity index is 722. The van der Waals surface area contributed by atoms with E-state index >= 15 is 0 Å². The average Bonchev–Trinajstić information content (AvgIpc) is 3.17. The molecule has 2 heterocycles. The van der Waals surface area contributed by atoms with Gasteiger partial charge in [0.2, 0.25) is 0 Å². The van der Waals surface area contributed by atoms with E-state index in [9.17, 15) is 4.79 Å². The summed E-state index contributed by atoms with van der Waals surface area (Å²) >= 11 is 4.79. The number of hydrogen-bond donors (Lipinski definition) is 1. The molecule has 1 unspecified atom stereocenters. The van der Waals surface area contributed by atoms with Crippen molar-refractivity contribution < 1.29 is 9.21 Å². The normalized spacial score (nSPS) is 12.0. The van der Waals surface area contributed by atoms with Crippen LogP contribution in [0.3, 0.4) is 0 Å². The maximum Gasteiger partial charge on any atom is 0.263 e. The number of thiophene rings is 1. The third-order valence-corrected chi connectivity index (χ3v) is 4.90. The molecule has 0 aliphatic heterocycles. The van der Waals surface area contributed by atoms with Gasteiger partial charge in [0.15, 0.2) is 0 Å². The number of carbonyl (C=O) groups is 1. The summed E-state index contributed by atoms with van der Waals surface area (Å²) in [6, 6.07) is 15.0. The molecule has 0 saturated carbocycles. The Labute approximate surface area is 134 Å². The molecule has 0 aliphatic rings. The number of rotatable bonds is 4. The van der Waals surface area contributed by atoms with E-state index in [1.807, 2.05) is 53.9 Å². The molecule has 3 nitrogen and oxygen atoms in total. The zero-order valence-electron chi connectivity index (χ0n) is 11.0. The fourth-order valence-corrected chi connectivity index (χ4v) is 3.53. The van der Waals surface area contributed by atoms with Crippen molar-refractivity contribution in [2.24, 2.45) is 0 Å². The van der Waals surface area contributed by atoms with Crippen molar-refractivity contribution >= 4 is 33.2 Å². The maximum absolute atomic E-state index is 12.4. The molecule has 5 heteroatoms. The molecule has 106 valence electrons. The van der Waals surface area contributed by atoms with Crippen molar-refractivity contribution in [2.75, 3.05) is 0 Å². The molecule has 3 aromatic rings. The van der Waals surface area contributed by atoms with Gasteiger partial charge in [0.25, 0.3) is 5.91 Å². The van der Waals surface area contributed by atoms with Crippen molar-refractivity contribution in [2.45, 2.75) is 6.04 Å². The monoisotopic (exact) mass is 361 g/mol. The molecule has 1 atom stereocenters. The summed E-state index contributed by atoms with van der Waals surface area (Å²) in [6.45, 7) is 0. The van der Waals surface area contributed by atoms with E-state index in [2.05, 4.69) is 21.2 Å². The number of nitrogens with one attached hydrogen (secondary N) is 1. The molecule has 1 amide bonds. The Hall–Kier alpha value is -1.85. The third kappa shape index (κ3) is 3.09. The molecule has 2 aromatic heterocycles. The lowest BCUT2D eigenvalue weighted by molar-refractivity contribution is 0.0942. The lowest BCUT2D eigenvalue weighted by Crippen LogP contribution is -2.28. The topological polar surface area (TPSA) is 42.2 Å². The van der Waals surface area contributed by atoms with Crippen molar-refractivity contribution in [3.63, 3.8) is 0 Å². The summed E-state index contributed by atoms with van der Waals surface area (Å²) < 4.78 is 6.28. The smallest absolute Gasteiger partial charge is 0.263 e. The number of carbonyl (C=O) groups excluding carboxylic acids is 1. The second-order valence-electron chi connectivity index (χ2n) is 4.43. The maximum atomic E-state index is 12.4. The van der Waals surface area contributed by atoms with E-state index in [1.165, 1.54) is 11.3 Å². The molecular weight excluding hydrogens is 350 g/mol. The molecule has 0 radical (unpaired) electrons. The van der Waals surface area contributed by atoms with Crippen LogP contribution >= 0.6 is 27.3 Å². The van der Waals surface area contributed by atoms with E-state index < -0.39 is 0 Å². The van der Waals surface area contributed by atoms with E-state index in [-0.39, 0.29) is 11.9 Å². The van der Waals surface area contributed by atoms with Crippen molar-refractivity contribution in [1.82, 2.24) is 5.32 Å². The molecule has 0 saturated heterocycles. The molecule has 1 aromatic carbocycles. The first-order chi connectivity index (χ1) is 10.3. The van der Waals surface area contributed by atoms with Gasteiger partial charge in [0.1, 0.15) is 16.7 Å². The molecule has 21 heavy (non-hydrogen) atoms. The van der Waals surface area contributed by atoms with Gasteiger partial charge in [0.05, 0.1) is 6.26 Å². The van der Waals surface area contributed by atoms with Crippen LogP contribution in [0.5, 0.6) is 0 Å². The van der Waals surface area contributed by atoms with Crippen LogP contribution in [-0.2, 0) is 0 Å². The minimum Gasteiger partial charge on any atom is -0.467 e. The van der Waals surface area contributed by atoms with Gasteiger partial charge in [-0.15, -0.1) is 11.3 Å². The van der Waals surface area contributed by atoms with Gasteiger partial charge in [-0.2, -0.15) is 0 Å². The van der Waals surface area contributed by atoms with Crippen LogP contribution < -0.4 is 5.32 Å². The van der Waals surface area contributed by atoms with E-state index in [1.54, 1.807) is 6.26 Å². The molecule has 1 N–H and O–H groups in total. The second kappa shape index (κ2) is 6.28. The molecule has 0 spiro atoms. The van der Waals surface area contributed by atoms with Crippen LogP contribution in [0.25, 0.3) is 0 Å². The Morgan fingerprint density at radius 1 is 1.14 bits per heavy atom. The quantitative estimate of drug-likeness (QED) is 0.736. The Morgan fingerprint density at radius 3 is 2.57 bits per heavy atom. The highest BCUT2D eigenvalue weighted by Crippen LogP contribution is 2.26. The summed E-state index contributed by atoms with van der Waals surface area (Å²) in [5.41, 5.74) is 0.980. The number of furan rings is 1. The lowest BCUT2D eigenvalue weighted by Gasteiger charge is -2.16. The standard InChI is InChI=1S/C16H12BrNO2S/c17-12-8-10-21-15(12)16(19)18-14(13-7-4-9-20-13)11-5-2-1-3-6-11/h1-10,14H,(H,18,19). The van der Waals surface area contributed by atoms with Crippen LogP contribution in [-0.4, -0.2) is 5.91 Å². The Kier molecular flexibility index (Phi) is 4.22. The molecule has 0 aliphatic carbocycles. The number of hydrogen-bond acceptors (Lipinski definition) is 3. The second-order valence-corrected chi connectivity index (χ2v) is 6.20. The Balaban J connectivity index is 1.91. The molecular formula is C16H12BrNO2S. The first-order valence-corrected chi connectivity index (χ1v) is 8.05. The summed E-state index contributed by atoms with van der Waals surface area (Å²) in [5.74, 6) is 0.587. The number of benzene rings is 1. The highest BCUT2D eigenvalue weighted by Gasteiger charge is 2.21. The fourth-order valence-electron chi connectivity index (χ4n) is 2.07. The van der Waals surface area contributed by atoms with Gasteiger partial charge in [-0.1, -0.05) is 30.3 Å². The first kappa shape index (κ1) is 14.1. The van der Waals surface area contributed by atoms with Crippen molar-refractivity contribution in [3.05, 3.63) is 80.8 Å². The average molecular weight is 362 g/mol. The summed E-state index contributed by atoms with van der Waals surface area (Å²) in [5, 5.41) is 4.91. The van der Waals surface area contributed by atoms with Crippen molar-refractivity contribution in [3.8, 4) is 0 Å². The lowest BCUT2D eigenvalue weighted by atomic mass is 10.0. The zero-order valence-corrected chi connectivity index (χ0v) is 13.4. The molecule has 3 rings (SSSR count). The molecule has 0 bridgehead atoms. The third-order valence-electron chi connectivity index (χ3n) is 3.06. The fraction of sp³-hybridized carbons (Fsp3) is 0.0625. The number of halogens is 1. The van der Waals surface area contributed by atoms with Crippen LogP contribution in [0.1, 0.15) is 27.0 Å². The SMILES string of the molecule is O=C(NC(c1ccccc1)c1ccco1)c1sccc1Br. The van der Waals surface area contributed by atoms with Crippen LogP contribution in [0.4, 0.5) is 0 Å². The van der Waals surface area contributed by atoms with Gasteiger partial charge >= 0.3 is 0 Å². The largest absolute Gasteiger partial charge is 0.467 e. The van der Waals surface area contributed by atoms with E-state index in [0.29, 0.717) is 10.6 Å². The minimum absolute atomic E-state index is 0.123. The highest BCUT2D eigenvalue weighted by molar-refractivity contribution is 9.10. The van der Waals surface area contributed by atoms with Gasteiger partial charge in [-0.3, -0.25) is 4.79 Å². The van der Waals surface area contributed by atoms with E-state index in [0.717, 1.165) is 10.0 Å². The van der Waals surface area contributed by atoms with Crippen LogP contribution in [0, 0.1) is 0 Å². The predicted molar refractivity (Wildman–Crippen MR) is 86.5 cm³/mol. The Morgan fingerprint density at radius 2 is 1.95 bits per heavy atom. The van der Waals surface area contributed by atoms with Crippen LogP contribution in [0.15, 0.2) is 69.1 Å². The summed E-state index contributed by atoms with van der Waals surface area (Å²) in [6.07, 6.45) is 1.61. The number of amides is 1. The van der Waals surface area contributed by atoms with Gasteiger partial charge in [-0.05, 0) is 45.1 Å². The minimum atomic E-state index is -0.303. The highest BCUT2D eigenvalue weighted by atomic mass is 79.9. The first-order valence-electron chi connectivity index (χ1n) is 6.38. The van der Waals surface area contributed by atoms with Crippen molar-refractivity contribution in [1.29, 1.82) is 0 Å². The summed E-state index contributed by atoms with van der Waals surface area (Å²) in [7, 11) is 0. The van der Waals surface area contributed by atoms with Gasteiger partial charge < -0.3 is 9.73 Å². The predicted octanol–water partition coefficient (Wildman–Crippen LogP) is 4.62. The van der Waals surface area contributed by atoms with Gasteiger partial charge in [-0.25, -0.2) is 0 Å². The van der Waals surface area contributed by atoms with Crippen LogP contribution in [0.2, 0.25) is 0 Å².